The van der Waals surface area contributed by atoms with Crippen molar-refractivity contribution in [3.8, 4) is 0 Å². The topological polar surface area (TPSA) is 61.4 Å². The molecule has 5 heteroatoms. The normalized spacial score (nSPS) is 10.2. The van der Waals surface area contributed by atoms with Crippen LogP contribution < -0.4 is 15.5 Å². The molecule has 0 atom stereocenters. The average molecular weight is 339 g/mol. The van der Waals surface area contributed by atoms with Gasteiger partial charge in [0, 0.05) is 43.1 Å². The number of amides is 2. The molecule has 2 rings (SSSR count). The first-order valence-corrected chi connectivity index (χ1v) is 8.48. The van der Waals surface area contributed by atoms with E-state index < -0.39 is 0 Å². The first-order chi connectivity index (χ1) is 12.0. The molecule has 2 aromatic carbocycles. The van der Waals surface area contributed by atoms with Crippen molar-refractivity contribution in [3.63, 3.8) is 0 Å². The number of unbranched alkanes of at least 4 members (excludes halogenated alkanes) is 1. The summed E-state index contributed by atoms with van der Waals surface area (Å²) < 4.78 is 0. The largest absolute Gasteiger partial charge is 0.378 e. The van der Waals surface area contributed by atoms with Gasteiger partial charge in [-0.2, -0.15) is 0 Å². The number of nitrogens with one attached hydrogen (secondary N) is 2. The second-order valence-electron chi connectivity index (χ2n) is 6.12. The number of anilines is 3. The minimum absolute atomic E-state index is 0.0000310. The Kier molecular flexibility index (Phi) is 6.57. The van der Waals surface area contributed by atoms with Crippen LogP contribution in [0, 0.1) is 0 Å². The van der Waals surface area contributed by atoms with Gasteiger partial charge >= 0.3 is 0 Å². The van der Waals surface area contributed by atoms with E-state index in [1.54, 1.807) is 24.3 Å². The lowest BCUT2D eigenvalue weighted by Gasteiger charge is -2.13. The lowest BCUT2D eigenvalue weighted by atomic mass is 10.1. The van der Waals surface area contributed by atoms with Gasteiger partial charge in [-0.25, -0.2) is 0 Å². The van der Waals surface area contributed by atoms with Crippen molar-refractivity contribution < 1.29 is 9.59 Å². The fourth-order valence-corrected chi connectivity index (χ4v) is 2.31. The minimum atomic E-state index is -0.179. The summed E-state index contributed by atoms with van der Waals surface area (Å²) in [5.41, 5.74) is 3.06. The Morgan fingerprint density at radius 1 is 0.880 bits per heavy atom. The van der Waals surface area contributed by atoms with Gasteiger partial charge < -0.3 is 15.5 Å². The van der Waals surface area contributed by atoms with Crippen LogP contribution in [0.5, 0.6) is 0 Å². The van der Waals surface area contributed by atoms with Crippen molar-refractivity contribution in [2.24, 2.45) is 0 Å². The van der Waals surface area contributed by atoms with Gasteiger partial charge in [-0.3, -0.25) is 9.59 Å². The summed E-state index contributed by atoms with van der Waals surface area (Å²) in [5, 5.41) is 5.70. The Balaban J connectivity index is 1.94. The second kappa shape index (κ2) is 8.87. The van der Waals surface area contributed by atoms with Gasteiger partial charge in [0.25, 0.3) is 5.91 Å². The van der Waals surface area contributed by atoms with E-state index in [9.17, 15) is 9.59 Å². The summed E-state index contributed by atoms with van der Waals surface area (Å²) in [4.78, 5) is 26.0. The van der Waals surface area contributed by atoms with Crippen LogP contribution in [-0.4, -0.2) is 25.9 Å². The lowest BCUT2D eigenvalue weighted by Crippen LogP contribution is -2.13. The molecule has 0 heterocycles. The Hall–Kier alpha value is -2.82. The third kappa shape index (κ3) is 5.64. The standard InChI is InChI=1S/C20H25N3O2/c1-4-5-6-19(24)21-16-9-7-15(8-10-16)20(25)22-17-11-13-18(14-12-17)23(2)3/h7-14H,4-6H2,1-3H3,(H,21,24)(H,22,25). The van der Waals surface area contributed by atoms with E-state index >= 15 is 0 Å². The molecule has 0 spiro atoms. The highest BCUT2D eigenvalue weighted by Gasteiger charge is 2.07. The van der Waals surface area contributed by atoms with Gasteiger partial charge in [0.1, 0.15) is 0 Å². The molecule has 2 aromatic rings. The number of benzene rings is 2. The van der Waals surface area contributed by atoms with Crippen LogP contribution in [-0.2, 0) is 4.79 Å². The van der Waals surface area contributed by atoms with Crippen LogP contribution in [0.25, 0.3) is 0 Å². The summed E-state index contributed by atoms with van der Waals surface area (Å²) >= 11 is 0. The van der Waals surface area contributed by atoms with E-state index in [2.05, 4.69) is 17.6 Å². The van der Waals surface area contributed by atoms with Gasteiger partial charge in [-0.05, 0) is 55.0 Å². The number of carbonyl (C=O) groups is 2. The molecular weight excluding hydrogens is 314 g/mol. The number of rotatable bonds is 7. The molecule has 2 N–H and O–H groups in total. The maximum Gasteiger partial charge on any atom is 0.255 e. The smallest absolute Gasteiger partial charge is 0.255 e. The van der Waals surface area contributed by atoms with Crippen molar-refractivity contribution >= 4 is 28.9 Å². The van der Waals surface area contributed by atoms with Gasteiger partial charge in [-0.15, -0.1) is 0 Å². The number of hydrogen-bond acceptors (Lipinski definition) is 3. The molecular formula is C20H25N3O2. The molecule has 5 nitrogen and oxygen atoms in total. The fourth-order valence-electron chi connectivity index (χ4n) is 2.31. The van der Waals surface area contributed by atoms with Gasteiger partial charge in [0.15, 0.2) is 0 Å². The van der Waals surface area contributed by atoms with Gasteiger partial charge in [0.2, 0.25) is 5.91 Å². The minimum Gasteiger partial charge on any atom is -0.378 e. The van der Waals surface area contributed by atoms with Crippen LogP contribution in [0.4, 0.5) is 17.1 Å². The Labute approximate surface area is 149 Å². The summed E-state index contributed by atoms with van der Waals surface area (Å²) in [6.45, 7) is 2.05. The summed E-state index contributed by atoms with van der Waals surface area (Å²) in [5.74, 6) is -0.179. The molecule has 0 saturated carbocycles. The lowest BCUT2D eigenvalue weighted by molar-refractivity contribution is -0.116. The van der Waals surface area contributed by atoms with E-state index in [4.69, 9.17) is 0 Å². The van der Waals surface area contributed by atoms with Crippen LogP contribution in [0.3, 0.4) is 0 Å². The van der Waals surface area contributed by atoms with E-state index in [0.29, 0.717) is 17.7 Å². The Morgan fingerprint density at radius 3 is 2.00 bits per heavy atom. The predicted octanol–water partition coefficient (Wildman–Crippen LogP) is 4.13. The summed E-state index contributed by atoms with van der Waals surface area (Å²) in [6, 6.07) is 14.5. The molecule has 2 amide bonds. The monoisotopic (exact) mass is 339 g/mol. The van der Waals surface area contributed by atoms with Gasteiger partial charge in [-0.1, -0.05) is 13.3 Å². The van der Waals surface area contributed by atoms with Crippen LogP contribution in [0.2, 0.25) is 0 Å². The maximum absolute atomic E-state index is 12.3. The maximum atomic E-state index is 12.3. The third-order valence-corrected chi connectivity index (χ3v) is 3.83. The molecule has 0 unspecified atom stereocenters. The van der Waals surface area contributed by atoms with Crippen molar-refractivity contribution in [1.29, 1.82) is 0 Å². The molecule has 0 aliphatic heterocycles. The first-order valence-electron chi connectivity index (χ1n) is 8.48. The summed E-state index contributed by atoms with van der Waals surface area (Å²) in [7, 11) is 3.94. The van der Waals surface area contributed by atoms with Crippen molar-refractivity contribution in [2.75, 3.05) is 29.6 Å². The molecule has 0 bridgehead atoms. The zero-order valence-corrected chi connectivity index (χ0v) is 15.0. The van der Waals surface area contributed by atoms with E-state index in [1.807, 2.05) is 43.3 Å². The Morgan fingerprint density at radius 2 is 1.44 bits per heavy atom. The second-order valence-corrected chi connectivity index (χ2v) is 6.12. The first kappa shape index (κ1) is 18.5. The van der Waals surface area contributed by atoms with E-state index in [0.717, 1.165) is 24.2 Å². The molecule has 0 aliphatic rings. The molecule has 0 fully saturated rings. The van der Waals surface area contributed by atoms with Crippen molar-refractivity contribution in [3.05, 3.63) is 54.1 Å². The fraction of sp³-hybridized carbons (Fsp3) is 0.300. The van der Waals surface area contributed by atoms with Crippen LogP contribution >= 0.6 is 0 Å². The number of carbonyl (C=O) groups excluding carboxylic acids is 2. The van der Waals surface area contributed by atoms with Crippen LogP contribution in [0.1, 0.15) is 36.5 Å². The Bertz CT molecular complexity index is 707. The van der Waals surface area contributed by atoms with Crippen molar-refractivity contribution in [2.45, 2.75) is 26.2 Å². The predicted molar refractivity (Wildman–Crippen MR) is 103 cm³/mol. The molecule has 0 aliphatic carbocycles. The van der Waals surface area contributed by atoms with Crippen LogP contribution in [0.15, 0.2) is 48.5 Å². The van der Waals surface area contributed by atoms with Crippen molar-refractivity contribution in [1.82, 2.24) is 0 Å². The zero-order chi connectivity index (χ0) is 18.2. The molecule has 0 aromatic heterocycles. The SMILES string of the molecule is CCCCC(=O)Nc1ccc(C(=O)Nc2ccc(N(C)C)cc2)cc1. The average Bonchev–Trinajstić information content (AvgIpc) is 2.61. The highest BCUT2D eigenvalue weighted by atomic mass is 16.2. The van der Waals surface area contributed by atoms with E-state index in [1.165, 1.54) is 0 Å². The molecule has 25 heavy (non-hydrogen) atoms. The van der Waals surface area contributed by atoms with E-state index in [-0.39, 0.29) is 11.8 Å². The number of hydrogen-bond donors (Lipinski definition) is 2. The zero-order valence-electron chi connectivity index (χ0n) is 15.0. The summed E-state index contributed by atoms with van der Waals surface area (Å²) in [6.07, 6.45) is 2.38. The van der Waals surface area contributed by atoms with Gasteiger partial charge in [0.05, 0.1) is 0 Å². The highest BCUT2D eigenvalue weighted by Crippen LogP contribution is 2.17. The molecule has 132 valence electrons. The third-order valence-electron chi connectivity index (χ3n) is 3.83. The molecule has 0 radical (unpaired) electrons. The number of nitrogens with zero attached hydrogens (tertiary/aromatic N) is 1. The molecule has 0 saturated heterocycles. The quantitative estimate of drug-likeness (QED) is 0.797. The highest BCUT2D eigenvalue weighted by molar-refractivity contribution is 6.04.